The molecular formula is C21H18ClN3O5S. The molecule has 0 bridgehead atoms. The third-order valence-electron chi connectivity index (χ3n) is 5.28. The van der Waals surface area contributed by atoms with Crippen LogP contribution < -0.4 is 0 Å². The molecule has 160 valence electrons. The topological polar surface area (TPSA) is 101 Å². The van der Waals surface area contributed by atoms with Gasteiger partial charge in [-0.1, -0.05) is 41.9 Å². The molecule has 1 aliphatic heterocycles. The van der Waals surface area contributed by atoms with E-state index in [2.05, 4.69) is 0 Å². The van der Waals surface area contributed by atoms with E-state index in [4.69, 9.17) is 11.6 Å². The normalized spacial score (nSPS) is 15.2. The van der Waals surface area contributed by atoms with Gasteiger partial charge in [0.15, 0.2) is 0 Å². The average Bonchev–Trinajstić information content (AvgIpc) is 2.78. The maximum Gasteiger partial charge on any atom is 0.270 e. The Bertz CT molecular complexity index is 1290. The zero-order valence-corrected chi connectivity index (χ0v) is 17.8. The lowest BCUT2D eigenvalue weighted by atomic mass is 10.1. The van der Waals surface area contributed by atoms with Crippen LogP contribution in [0.25, 0.3) is 10.8 Å². The number of nitro groups is 1. The summed E-state index contributed by atoms with van der Waals surface area (Å²) < 4.78 is 27.5. The summed E-state index contributed by atoms with van der Waals surface area (Å²) in [5.74, 6) is -0.386. The van der Waals surface area contributed by atoms with Crippen molar-refractivity contribution in [2.24, 2.45) is 0 Å². The molecule has 0 N–H and O–H groups in total. The minimum atomic E-state index is -3.70. The van der Waals surface area contributed by atoms with Gasteiger partial charge in [-0.25, -0.2) is 8.42 Å². The molecular weight excluding hydrogens is 442 g/mol. The Morgan fingerprint density at radius 1 is 0.935 bits per heavy atom. The van der Waals surface area contributed by atoms with Crippen molar-refractivity contribution in [3.05, 3.63) is 81.4 Å². The molecule has 0 aromatic heterocycles. The summed E-state index contributed by atoms with van der Waals surface area (Å²) in [4.78, 5) is 24.7. The predicted octanol–water partition coefficient (Wildman–Crippen LogP) is 3.55. The number of piperazine rings is 1. The van der Waals surface area contributed by atoms with E-state index < -0.39 is 14.9 Å². The average molecular weight is 460 g/mol. The van der Waals surface area contributed by atoms with E-state index in [1.54, 1.807) is 18.2 Å². The molecule has 0 spiro atoms. The van der Waals surface area contributed by atoms with Gasteiger partial charge in [-0.2, -0.15) is 4.31 Å². The lowest BCUT2D eigenvalue weighted by Gasteiger charge is -2.34. The maximum absolute atomic E-state index is 13.1. The second-order valence-corrected chi connectivity index (χ2v) is 9.47. The number of fused-ring (bicyclic) bond motifs is 1. The first-order valence-electron chi connectivity index (χ1n) is 9.49. The molecule has 1 aliphatic rings. The molecule has 1 fully saturated rings. The van der Waals surface area contributed by atoms with Crippen molar-refractivity contribution in [1.82, 2.24) is 9.21 Å². The molecule has 0 unspecified atom stereocenters. The Hall–Kier alpha value is -3.01. The van der Waals surface area contributed by atoms with Crippen LogP contribution >= 0.6 is 11.6 Å². The molecule has 10 heteroatoms. The van der Waals surface area contributed by atoms with Crippen LogP contribution in [-0.4, -0.2) is 54.6 Å². The van der Waals surface area contributed by atoms with Crippen molar-refractivity contribution in [3.63, 3.8) is 0 Å². The van der Waals surface area contributed by atoms with E-state index in [-0.39, 0.29) is 53.3 Å². The lowest BCUT2D eigenvalue weighted by Crippen LogP contribution is -2.50. The fraction of sp³-hybridized carbons (Fsp3) is 0.190. The van der Waals surface area contributed by atoms with Crippen LogP contribution in [0.2, 0.25) is 5.02 Å². The molecule has 31 heavy (non-hydrogen) atoms. The van der Waals surface area contributed by atoms with Crippen molar-refractivity contribution in [3.8, 4) is 0 Å². The van der Waals surface area contributed by atoms with Crippen LogP contribution in [0, 0.1) is 10.1 Å². The number of nitro benzene ring substituents is 1. The summed E-state index contributed by atoms with van der Waals surface area (Å²) in [7, 11) is -3.70. The first-order chi connectivity index (χ1) is 14.8. The molecule has 0 aliphatic carbocycles. The molecule has 4 rings (SSSR count). The third kappa shape index (κ3) is 4.12. The van der Waals surface area contributed by atoms with E-state index in [0.717, 1.165) is 16.8 Å². The van der Waals surface area contributed by atoms with Gasteiger partial charge in [0.2, 0.25) is 10.0 Å². The van der Waals surface area contributed by atoms with Crippen LogP contribution in [-0.2, 0) is 10.0 Å². The van der Waals surface area contributed by atoms with E-state index in [1.165, 1.54) is 21.3 Å². The van der Waals surface area contributed by atoms with Gasteiger partial charge >= 0.3 is 0 Å². The number of carbonyl (C=O) groups is 1. The number of hydrogen-bond donors (Lipinski definition) is 0. The fourth-order valence-electron chi connectivity index (χ4n) is 3.57. The molecule has 8 nitrogen and oxygen atoms in total. The number of nitrogens with zero attached hydrogens (tertiary/aromatic N) is 3. The maximum atomic E-state index is 13.1. The van der Waals surface area contributed by atoms with Gasteiger partial charge in [0.05, 0.1) is 20.4 Å². The number of carbonyl (C=O) groups excluding carboxylic acids is 1. The minimum absolute atomic E-state index is 0.00888. The Morgan fingerprint density at radius 3 is 2.26 bits per heavy atom. The number of non-ortho nitro benzene ring substituents is 1. The summed E-state index contributed by atoms with van der Waals surface area (Å²) in [6, 6.07) is 16.2. The second kappa shape index (κ2) is 8.26. The molecule has 1 saturated heterocycles. The molecule has 1 heterocycles. The number of sulfonamides is 1. The summed E-state index contributed by atoms with van der Waals surface area (Å²) in [6.07, 6.45) is 0. The number of hydrogen-bond acceptors (Lipinski definition) is 5. The van der Waals surface area contributed by atoms with E-state index >= 15 is 0 Å². The molecule has 3 aromatic rings. The first-order valence-corrected chi connectivity index (χ1v) is 11.3. The van der Waals surface area contributed by atoms with Crippen molar-refractivity contribution in [1.29, 1.82) is 0 Å². The summed E-state index contributed by atoms with van der Waals surface area (Å²) in [5, 5.41) is 12.6. The molecule has 0 saturated carbocycles. The summed E-state index contributed by atoms with van der Waals surface area (Å²) >= 11 is 6.06. The second-order valence-electron chi connectivity index (χ2n) is 7.13. The Morgan fingerprint density at radius 2 is 1.61 bits per heavy atom. The quantitative estimate of drug-likeness (QED) is 0.438. The largest absolute Gasteiger partial charge is 0.336 e. The zero-order valence-electron chi connectivity index (χ0n) is 16.3. The summed E-state index contributed by atoms with van der Waals surface area (Å²) in [6.45, 7) is 0.676. The molecule has 1 amide bonds. The van der Waals surface area contributed by atoms with Crippen LogP contribution in [0.15, 0.2) is 65.6 Å². The third-order valence-corrected chi connectivity index (χ3v) is 7.49. The zero-order chi connectivity index (χ0) is 22.2. The molecule has 0 atom stereocenters. The van der Waals surface area contributed by atoms with Gasteiger partial charge in [-0.05, 0) is 29.0 Å². The Kier molecular flexibility index (Phi) is 5.65. The number of benzene rings is 3. The smallest absolute Gasteiger partial charge is 0.270 e. The van der Waals surface area contributed by atoms with Gasteiger partial charge < -0.3 is 4.90 Å². The minimum Gasteiger partial charge on any atom is -0.336 e. The fourth-order valence-corrected chi connectivity index (χ4v) is 5.28. The predicted molar refractivity (Wildman–Crippen MR) is 117 cm³/mol. The van der Waals surface area contributed by atoms with Gasteiger partial charge in [-0.15, -0.1) is 0 Å². The highest BCUT2D eigenvalue weighted by Gasteiger charge is 2.31. The summed E-state index contributed by atoms with van der Waals surface area (Å²) in [5.41, 5.74) is -0.0500. The lowest BCUT2D eigenvalue weighted by molar-refractivity contribution is -0.384. The first kappa shape index (κ1) is 21.2. The van der Waals surface area contributed by atoms with Gasteiger partial charge in [0.1, 0.15) is 0 Å². The Balaban J connectivity index is 1.48. The van der Waals surface area contributed by atoms with E-state index in [1.807, 2.05) is 24.3 Å². The SMILES string of the molecule is O=C(c1ccc([N+](=O)[O-])cc1Cl)N1CCN(S(=O)(=O)c2ccc3ccccc3c2)CC1. The highest BCUT2D eigenvalue weighted by Crippen LogP contribution is 2.26. The van der Waals surface area contributed by atoms with Gasteiger partial charge in [0.25, 0.3) is 11.6 Å². The van der Waals surface area contributed by atoms with Crippen molar-refractivity contribution in [2.75, 3.05) is 26.2 Å². The van der Waals surface area contributed by atoms with Crippen LogP contribution in [0.3, 0.4) is 0 Å². The highest BCUT2D eigenvalue weighted by atomic mass is 35.5. The van der Waals surface area contributed by atoms with E-state index in [9.17, 15) is 23.3 Å². The highest BCUT2D eigenvalue weighted by molar-refractivity contribution is 7.89. The van der Waals surface area contributed by atoms with E-state index in [0.29, 0.717) is 0 Å². The van der Waals surface area contributed by atoms with Crippen molar-refractivity contribution < 1.29 is 18.1 Å². The van der Waals surface area contributed by atoms with Crippen molar-refractivity contribution in [2.45, 2.75) is 4.90 Å². The van der Waals surface area contributed by atoms with Crippen molar-refractivity contribution >= 4 is 44.0 Å². The van der Waals surface area contributed by atoms with Crippen LogP contribution in [0.1, 0.15) is 10.4 Å². The van der Waals surface area contributed by atoms with Crippen LogP contribution in [0.5, 0.6) is 0 Å². The molecule has 3 aromatic carbocycles. The number of amides is 1. The Labute approximate surface area is 183 Å². The number of halogens is 1. The van der Waals surface area contributed by atoms with Crippen LogP contribution in [0.4, 0.5) is 5.69 Å². The standard InChI is InChI=1S/C21H18ClN3O5S/c22-20-14-17(25(27)28)6-8-19(20)21(26)23-9-11-24(12-10-23)31(29,30)18-7-5-15-3-1-2-4-16(15)13-18/h1-8,13-14H,9-12H2. The number of rotatable bonds is 4. The monoisotopic (exact) mass is 459 g/mol. The molecule has 0 radical (unpaired) electrons. The van der Waals surface area contributed by atoms with Gasteiger partial charge in [0, 0.05) is 38.3 Å². The van der Waals surface area contributed by atoms with Gasteiger partial charge in [-0.3, -0.25) is 14.9 Å².